The van der Waals surface area contributed by atoms with Crippen molar-refractivity contribution in [1.29, 1.82) is 0 Å². The summed E-state index contributed by atoms with van der Waals surface area (Å²) in [5.41, 5.74) is 3.22. The molecule has 1 aromatic carbocycles. The highest BCUT2D eigenvalue weighted by atomic mass is 16.3. The Morgan fingerprint density at radius 2 is 2.08 bits per heavy atom. The van der Waals surface area contributed by atoms with Gasteiger partial charge in [-0.05, 0) is 18.1 Å². The zero-order valence-corrected chi connectivity index (χ0v) is 13.9. The van der Waals surface area contributed by atoms with Gasteiger partial charge in [-0.25, -0.2) is 9.97 Å². The molecule has 1 saturated heterocycles. The van der Waals surface area contributed by atoms with Gasteiger partial charge in [0.2, 0.25) is 0 Å². The molecule has 128 valence electrons. The van der Waals surface area contributed by atoms with Crippen LogP contribution in [0.2, 0.25) is 0 Å². The van der Waals surface area contributed by atoms with Crippen molar-refractivity contribution in [3.05, 3.63) is 60.0 Å². The first-order valence-electron chi connectivity index (χ1n) is 8.49. The maximum atomic E-state index is 12.6. The van der Waals surface area contributed by atoms with Crippen molar-refractivity contribution in [3.8, 4) is 0 Å². The van der Waals surface area contributed by atoms with E-state index in [1.54, 1.807) is 23.5 Å². The Hall–Kier alpha value is -2.73. The molecule has 3 heterocycles. The molecule has 1 unspecified atom stereocenters. The number of carbonyl (C=O) groups is 1. The maximum Gasteiger partial charge on any atom is 0.255 e. The van der Waals surface area contributed by atoms with E-state index >= 15 is 0 Å². The number of hydrogen-bond acceptors (Lipinski definition) is 4. The number of nitrogens with zero attached hydrogens (tertiary/aromatic N) is 4. The Bertz CT molecular complexity index is 891. The van der Waals surface area contributed by atoms with Crippen molar-refractivity contribution in [1.82, 2.24) is 19.4 Å². The fourth-order valence-corrected chi connectivity index (χ4v) is 3.31. The average Bonchev–Trinajstić information content (AvgIpc) is 3.29. The molecule has 1 N–H and O–H groups in total. The molecular formula is C19H20N4O2. The highest BCUT2D eigenvalue weighted by Crippen LogP contribution is 2.20. The van der Waals surface area contributed by atoms with Crippen LogP contribution in [0.3, 0.4) is 0 Å². The van der Waals surface area contributed by atoms with Crippen LogP contribution in [0.15, 0.2) is 48.9 Å². The van der Waals surface area contributed by atoms with Gasteiger partial charge >= 0.3 is 0 Å². The third kappa shape index (κ3) is 3.13. The van der Waals surface area contributed by atoms with Gasteiger partial charge in [-0.2, -0.15) is 0 Å². The number of carbonyl (C=O) groups excluding carboxylic acids is 1. The van der Waals surface area contributed by atoms with E-state index in [1.807, 2.05) is 22.8 Å². The van der Waals surface area contributed by atoms with E-state index in [9.17, 15) is 9.90 Å². The molecule has 0 spiro atoms. The number of pyridine rings is 1. The van der Waals surface area contributed by atoms with Crippen LogP contribution in [-0.2, 0) is 6.54 Å². The largest absolute Gasteiger partial charge is 0.396 e. The molecule has 1 amide bonds. The lowest BCUT2D eigenvalue weighted by atomic mass is 10.1. The van der Waals surface area contributed by atoms with Gasteiger partial charge in [-0.3, -0.25) is 4.79 Å². The van der Waals surface area contributed by atoms with Crippen molar-refractivity contribution >= 4 is 17.1 Å². The van der Waals surface area contributed by atoms with Gasteiger partial charge in [0.05, 0.1) is 18.4 Å². The molecule has 1 atom stereocenters. The van der Waals surface area contributed by atoms with Crippen LogP contribution in [0.1, 0.15) is 22.3 Å². The smallest absolute Gasteiger partial charge is 0.255 e. The molecule has 0 bridgehead atoms. The standard InChI is InChI=1S/C19H20N4O2/c24-12-15-6-7-22(11-15)19(25)16-8-17-18(20-9-16)23(13-21-17)10-14-4-2-1-3-5-14/h1-5,8-9,13,15,24H,6-7,10-12H2. The topological polar surface area (TPSA) is 71.2 Å². The minimum absolute atomic E-state index is 0.0389. The maximum absolute atomic E-state index is 12.6. The number of aromatic nitrogens is 3. The van der Waals surface area contributed by atoms with Gasteiger partial charge in [0, 0.05) is 31.8 Å². The molecule has 0 aliphatic carbocycles. The number of aliphatic hydroxyl groups excluding tert-OH is 1. The Balaban J connectivity index is 1.56. The summed E-state index contributed by atoms with van der Waals surface area (Å²) in [6, 6.07) is 11.9. The average molecular weight is 336 g/mol. The summed E-state index contributed by atoms with van der Waals surface area (Å²) in [6.45, 7) is 2.12. The van der Waals surface area contributed by atoms with Gasteiger partial charge in [-0.15, -0.1) is 0 Å². The van der Waals surface area contributed by atoms with Crippen LogP contribution in [-0.4, -0.2) is 50.1 Å². The summed E-state index contributed by atoms with van der Waals surface area (Å²) in [5.74, 6) is 0.147. The highest BCUT2D eigenvalue weighted by Gasteiger charge is 2.26. The SMILES string of the molecule is O=C(c1cnc2c(c1)ncn2Cc1ccccc1)N1CCC(CO)C1. The van der Waals surface area contributed by atoms with Gasteiger partial charge in [-0.1, -0.05) is 30.3 Å². The summed E-state index contributed by atoms with van der Waals surface area (Å²) in [4.78, 5) is 23.3. The summed E-state index contributed by atoms with van der Waals surface area (Å²) >= 11 is 0. The normalized spacial score (nSPS) is 17.3. The number of fused-ring (bicyclic) bond motifs is 1. The van der Waals surface area contributed by atoms with Crippen molar-refractivity contribution in [3.63, 3.8) is 0 Å². The van der Waals surface area contributed by atoms with E-state index in [2.05, 4.69) is 22.1 Å². The van der Waals surface area contributed by atoms with E-state index in [1.165, 1.54) is 5.56 Å². The predicted molar refractivity (Wildman–Crippen MR) is 94.2 cm³/mol. The summed E-state index contributed by atoms with van der Waals surface area (Å²) < 4.78 is 1.98. The third-order valence-electron chi connectivity index (χ3n) is 4.73. The first-order chi connectivity index (χ1) is 12.2. The highest BCUT2D eigenvalue weighted by molar-refractivity contribution is 5.96. The number of imidazole rings is 1. The second-order valence-electron chi connectivity index (χ2n) is 6.51. The Morgan fingerprint density at radius 3 is 2.84 bits per heavy atom. The fourth-order valence-electron chi connectivity index (χ4n) is 3.31. The lowest BCUT2D eigenvalue weighted by molar-refractivity contribution is 0.0781. The number of likely N-dealkylation sites (tertiary alicyclic amines) is 1. The molecule has 1 fully saturated rings. The molecule has 6 heteroatoms. The number of benzene rings is 1. The van der Waals surface area contributed by atoms with Crippen molar-refractivity contribution in [2.75, 3.05) is 19.7 Å². The Kier molecular flexibility index (Phi) is 4.19. The zero-order valence-electron chi connectivity index (χ0n) is 13.9. The van der Waals surface area contributed by atoms with Crippen LogP contribution in [0, 0.1) is 5.92 Å². The second-order valence-corrected chi connectivity index (χ2v) is 6.51. The minimum atomic E-state index is -0.0389. The van der Waals surface area contributed by atoms with Crippen molar-refractivity contribution in [2.45, 2.75) is 13.0 Å². The molecule has 0 radical (unpaired) electrons. The first kappa shape index (κ1) is 15.8. The number of aliphatic hydroxyl groups is 1. The molecule has 0 saturated carbocycles. The van der Waals surface area contributed by atoms with Crippen LogP contribution < -0.4 is 0 Å². The van der Waals surface area contributed by atoms with E-state index in [-0.39, 0.29) is 18.4 Å². The van der Waals surface area contributed by atoms with Crippen molar-refractivity contribution in [2.24, 2.45) is 5.92 Å². The van der Waals surface area contributed by atoms with Crippen LogP contribution in [0.4, 0.5) is 0 Å². The Morgan fingerprint density at radius 1 is 1.24 bits per heavy atom. The van der Waals surface area contributed by atoms with Crippen LogP contribution >= 0.6 is 0 Å². The number of hydrogen-bond donors (Lipinski definition) is 1. The molecule has 4 rings (SSSR count). The van der Waals surface area contributed by atoms with Crippen LogP contribution in [0.5, 0.6) is 0 Å². The number of rotatable bonds is 4. The summed E-state index contributed by atoms with van der Waals surface area (Å²) in [5, 5.41) is 9.24. The fraction of sp³-hybridized carbons (Fsp3) is 0.316. The predicted octanol–water partition coefficient (Wildman–Crippen LogP) is 1.93. The summed E-state index contributed by atoms with van der Waals surface area (Å²) in [6.07, 6.45) is 4.24. The van der Waals surface area contributed by atoms with Gasteiger partial charge < -0.3 is 14.6 Å². The van der Waals surface area contributed by atoms with Crippen LogP contribution in [0.25, 0.3) is 11.2 Å². The van der Waals surface area contributed by atoms with Gasteiger partial charge in [0.1, 0.15) is 5.52 Å². The third-order valence-corrected chi connectivity index (χ3v) is 4.73. The molecule has 1 aliphatic heterocycles. The van der Waals surface area contributed by atoms with E-state index < -0.39 is 0 Å². The first-order valence-corrected chi connectivity index (χ1v) is 8.49. The van der Waals surface area contributed by atoms with Gasteiger partial charge in [0.15, 0.2) is 5.65 Å². The number of amides is 1. The van der Waals surface area contributed by atoms with Gasteiger partial charge in [0.25, 0.3) is 5.91 Å². The second kappa shape index (κ2) is 6.64. The van der Waals surface area contributed by atoms with E-state index in [0.29, 0.717) is 25.2 Å². The monoisotopic (exact) mass is 336 g/mol. The zero-order chi connectivity index (χ0) is 17.2. The molecule has 2 aromatic heterocycles. The van der Waals surface area contributed by atoms with E-state index in [0.717, 1.165) is 17.6 Å². The minimum Gasteiger partial charge on any atom is -0.396 e. The Labute approximate surface area is 145 Å². The molecule has 6 nitrogen and oxygen atoms in total. The molecule has 1 aliphatic rings. The molecule has 3 aromatic rings. The molecular weight excluding hydrogens is 316 g/mol. The lowest BCUT2D eigenvalue weighted by Gasteiger charge is -2.15. The van der Waals surface area contributed by atoms with Crippen molar-refractivity contribution < 1.29 is 9.90 Å². The molecule has 25 heavy (non-hydrogen) atoms. The summed E-state index contributed by atoms with van der Waals surface area (Å²) in [7, 11) is 0. The quantitative estimate of drug-likeness (QED) is 0.790. The van der Waals surface area contributed by atoms with E-state index in [4.69, 9.17) is 0 Å². The lowest BCUT2D eigenvalue weighted by Crippen LogP contribution is -2.29.